The predicted molar refractivity (Wildman–Crippen MR) is 104 cm³/mol. The highest BCUT2D eigenvalue weighted by atomic mass is 16.6. The van der Waals surface area contributed by atoms with E-state index in [1.54, 1.807) is 11.8 Å². The van der Waals surface area contributed by atoms with Crippen LogP contribution in [0.1, 0.15) is 43.9 Å². The van der Waals surface area contributed by atoms with Gasteiger partial charge in [-0.15, -0.1) is 0 Å². The van der Waals surface area contributed by atoms with Gasteiger partial charge in [-0.05, 0) is 25.0 Å². The minimum atomic E-state index is -0.867. The summed E-state index contributed by atoms with van der Waals surface area (Å²) in [5, 5.41) is 0. The maximum absolute atomic E-state index is 12.8. The van der Waals surface area contributed by atoms with Crippen molar-refractivity contribution in [2.45, 2.75) is 38.3 Å². The van der Waals surface area contributed by atoms with Gasteiger partial charge >= 0.3 is 6.09 Å². The van der Waals surface area contributed by atoms with Crippen LogP contribution in [0.15, 0.2) is 54.6 Å². The lowest BCUT2D eigenvalue weighted by atomic mass is 9.84. The maximum atomic E-state index is 12.8. The molecule has 5 heteroatoms. The molecule has 1 fully saturated rings. The Morgan fingerprint density at radius 1 is 1.19 bits per heavy atom. The topological polar surface area (TPSA) is 46.6 Å². The molecule has 134 valence electrons. The van der Waals surface area contributed by atoms with Crippen molar-refractivity contribution in [2.24, 2.45) is 0 Å². The first kappa shape index (κ1) is 18.2. The molecule has 0 radical (unpaired) electrons. The Morgan fingerprint density at radius 3 is 2.42 bits per heavy atom. The molecule has 0 aliphatic carbocycles. The fourth-order valence-corrected chi connectivity index (χ4v) is 3.62. The summed E-state index contributed by atoms with van der Waals surface area (Å²) in [7, 11) is 2.04. The van der Waals surface area contributed by atoms with Gasteiger partial charge in [-0.3, -0.25) is 4.79 Å². The van der Waals surface area contributed by atoms with E-state index in [0.717, 1.165) is 11.1 Å². The predicted octanol–water partition coefficient (Wildman–Crippen LogP) is 2.72. The Hall–Kier alpha value is -2.56. The minimum Gasteiger partial charge on any atom is -0.437 e. The first-order chi connectivity index (χ1) is 12.4. The van der Waals surface area contributed by atoms with E-state index in [9.17, 15) is 9.59 Å². The van der Waals surface area contributed by atoms with Crippen LogP contribution < -0.4 is 5.46 Å². The number of cyclic esters (lactones) is 1. The van der Waals surface area contributed by atoms with Gasteiger partial charge in [0.25, 0.3) is 0 Å². The van der Waals surface area contributed by atoms with Crippen molar-refractivity contribution in [1.82, 2.24) is 4.90 Å². The van der Waals surface area contributed by atoms with Crippen molar-refractivity contribution in [3.05, 3.63) is 65.7 Å². The van der Waals surface area contributed by atoms with Gasteiger partial charge in [-0.25, -0.2) is 4.79 Å². The molecule has 4 nitrogen and oxygen atoms in total. The van der Waals surface area contributed by atoms with Crippen molar-refractivity contribution in [3.8, 4) is 0 Å². The summed E-state index contributed by atoms with van der Waals surface area (Å²) in [6.07, 6.45) is 0.433. The third-order valence-electron chi connectivity index (χ3n) is 5.14. The third-order valence-corrected chi connectivity index (χ3v) is 5.14. The summed E-state index contributed by atoms with van der Waals surface area (Å²) in [5.74, 6) is 0.0155. The highest BCUT2D eigenvalue weighted by molar-refractivity contribution is 6.32. The van der Waals surface area contributed by atoms with Crippen LogP contribution in [0.3, 0.4) is 0 Å². The molecule has 0 N–H and O–H groups in total. The SMILES string of the molecule is Bc1ccc([C@H](C)N2CC[C@](CC(C)=O)(c3ccccc3)OC2=O)cc1. The van der Waals surface area contributed by atoms with Crippen molar-refractivity contribution in [3.63, 3.8) is 0 Å². The summed E-state index contributed by atoms with van der Waals surface area (Å²) >= 11 is 0. The molecule has 26 heavy (non-hydrogen) atoms. The average molecular weight is 349 g/mol. The van der Waals surface area contributed by atoms with Crippen LogP contribution >= 0.6 is 0 Å². The van der Waals surface area contributed by atoms with E-state index in [1.807, 2.05) is 69.4 Å². The number of nitrogens with zero attached hydrogens (tertiary/aromatic N) is 1. The number of benzene rings is 2. The van der Waals surface area contributed by atoms with Crippen molar-refractivity contribution >= 4 is 25.2 Å². The minimum absolute atomic E-state index is 0.0155. The highest BCUT2D eigenvalue weighted by Crippen LogP contribution is 2.39. The van der Waals surface area contributed by atoms with Crippen molar-refractivity contribution in [1.29, 1.82) is 0 Å². The number of carbonyl (C=O) groups is 2. The zero-order chi connectivity index (χ0) is 18.7. The van der Waals surface area contributed by atoms with Crippen LogP contribution in [0, 0.1) is 0 Å². The first-order valence-electron chi connectivity index (χ1n) is 9.02. The van der Waals surface area contributed by atoms with Crippen molar-refractivity contribution < 1.29 is 14.3 Å². The van der Waals surface area contributed by atoms with E-state index < -0.39 is 5.60 Å². The Kier molecular flexibility index (Phi) is 5.17. The Balaban J connectivity index is 1.84. The molecule has 2 atom stereocenters. The number of hydrogen-bond donors (Lipinski definition) is 0. The molecule has 0 spiro atoms. The molecule has 1 heterocycles. The van der Waals surface area contributed by atoms with Crippen LogP contribution in [0.4, 0.5) is 4.79 Å². The molecule has 2 aromatic rings. The number of rotatable bonds is 5. The molecule has 0 bridgehead atoms. The zero-order valence-corrected chi connectivity index (χ0v) is 15.6. The molecule has 1 aliphatic heterocycles. The number of ether oxygens (including phenoxy) is 1. The highest BCUT2D eigenvalue weighted by Gasteiger charge is 2.44. The standard InChI is InChI=1S/C21H24BNO3/c1-15(24)14-21(18-6-4-3-5-7-18)12-13-23(20(25)26-21)16(2)17-8-10-19(22)11-9-17/h3-11,16H,12-14,22H2,1-2H3/t16-,21-/m0/s1. The largest absolute Gasteiger partial charge is 0.437 e. The molecule has 2 aromatic carbocycles. The summed E-state index contributed by atoms with van der Waals surface area (Å²) in [5.41, 5.74) is 2.28. The van der Waals surface area contributed by atoms with Gasteiger partial charge in [0.05, 0.1) is 12.5 Å². The maximum Gasteiger partial charge on any atom is 0.411 e. The zero-order valence-electron chi connectivity index (χ0n) is 15.6. The van der Waals surface area contributed by atoms with Crippen LogP contribution in [-0.4, -0.2) is 31.2 Å². The Morgan fingerprint density at radius 2 is 1.85 bits per heavy atom. The normalized spacial score (nSPS) is 21.2. The fraction of sp³-hybridized carbons (Fsp3) is 0.333. The number of Topliss-reactive ketones (excluding diaryl/α,β-unsaturated/α-hetero) is 1. The molecule has 1 amide bonds. The third kappa shape index (κ3) is 3.67. The molecule has 0 aromatic heterocycles. The first-order valence-corrected chi connectivity index (χ1v) is 9.02. The molecule has 0 saturated carbocycles. The van der Waals surface area contributed by atoms with Crippen LogP contribution in [0.25, 0.3) is 0 Å². The van der Waals surface area contributed by atoms with E-state index in [2.05, 4.69) is 0 Å². The lowest BCUT2D eigenvalue weighted by molar-refractivity contribution is -0.126. The van der Waals surface area contributed by atoms with Crippen LogP contribution in [0.2, 0.25) is 0 Å². The lowest BCUT2D eigenvalue weighted by Gasteiger charge is -2.43. The summed E-state index contributed by atoms with van der Waals surface area (Å²) in [6, 6.07) is 17.7. The van der Waals surface area contributed by atoms with E-state index in [1.165, 1.54) is 5.46 Å². The van der Waals surface area contributed by atoms with E-state index in [0.29, 0.717) is 13.0 Å². The lowest BCUT2D eigenvalue weighted by Crippen LogP contribution is -2.49. The average Bonchev–Trinajstić information content (AvgIpc) is 2.62. The molecule has 0 unspecified atom stereocenters. The number of ketones is 1. The van der Waals surface area contributed by atoms with Crippen LogP contribution in [0.5, 0.6) is 0 Å². The number of hydrogen-bond acceptors (Lipinski definition) is 3. The summed E-state index contributed by atoms with van der Waals surface area (Å²) in [4.78, 5) is 26.4. The quantitative estimate of drug-likeness (QED) is 0.780. The van der Waals surface area contributed by atoms with E-state index in [-0.39, 0.29) is 24.3 Å². The van der Waals surface area contributed by atoms with Crippen molar-refractivity contribution in [2.75, 3.05) is 6.54 Å². The second kappa shape index (κ2) is 7.36. The number of carbonyl (C=O) groups excluding carboxylic acids is 2. The second-order valence-corrected chi connectivity index (χ2v) is 7.14. The molecule has 1 aliphatic rings. The Labute approximate surface area is 155 Å². The molecular weight excluding hydrogens is 325 g/mol. The van der Waals surface area contributed by atoms with Gasteiger partial charge in [0.1, 0.15) is 19.2 Å². The Bertz CT molecular complexity index is 791. The fourth-order valence-electron chi connectivity index (χ4n) is 3.62. The number of amides is 1. The van der Waals surface area contributed by atoms with E-state index >= 15 is 0 Å². The monoisotopic (exact) mass is 349 g/mol. The summed E-state index contributed by atoms with van der Waals surface area (Å²) < 4.78 is 5.92. The summed E-state index contributed by atoms with van der Waals surface area (Å²) in [6.45, 7) is 4.10. The molecule has 3 rings (SSSR count). The van der Waals surface area contributed by atoms with Gasteiger partial charge in [0.15, 0.2) is 0 Å². The smallest absolute Gasteiger partial charge is 0.411 e. The van der Waals surface area contributed by atoms with Crippen LogP contribution in [-0.2, 0) is 15.1 Å². The van der Waals surface area contributed by atoms with E-state index in [4.69, 9.17) is 4.74 Å². The van der Waals surface area contributed by atoms with Gasteiger partial charge in [0, 0.05) is 13.0 Å². The molecule has 1 saturated heterocycles. The van der Waals surface area contributed by atoms with Gasteiger partial charge in [-0.1, -0.05) is 60.1 Å². The van der Waals surface area contributed by atoms with Gasteiger partial charge in [-0.2, -0.15) is 0 Å². The van der Waals surface area contributed by atoms with Gasteiger partial charge in [0.2, 0.25) is 0 Å². The molecular formula is C21H24BNO3. The van der Waals surface area contributed by atoms with Gasteiger partial charge < -0.3 is 9.64 Å². The second-order valence-electron chi connectivity index (χ2n) is 7.14.